The first-order valence-electron chi connectivity index (χ1n) is 12.4. The lowest BCUT2D eigenvalue weighted by Crippen LogP contribution is -2.60. The van der Waals surface area contributed by atoms with Gasteiger partial charge in [0.25, 0.3) is 0 Å². The second-order valence-electron chi connectivity index (χ2n) is 11.2. The summed E-state index contributed by atoms with van der Waals surface area (Å²) in [4.78, 5) is 30.8. The van der Waals surface area contributed by atoms with E-state index >= 15 is 0 Å². The smallest absolute Gasteiger partial charge is 0.245 e. The average molecular weight is 442 g/mol. The van der Waals surface area contributed by atoms with E-state index in [0.717, 1.165) is 19.3 Å². The maximum Gasteiger partial charge on any atom is 0.245 e. The SMILES string of the molecule is CC(C)C(NC(=O)C12CC3CC(CC(C3)C1)C2)C(=O)N1CCN(c2ccccc2F)CC1. The van der Waals surface area contributed by atoms with Crippen LogP contribution < -0.4 is 10.2 Å². The third-order valence-corrected chi connectivity index (χ3v) is 8.52. The number of amides is 2. The van der Waals surface area contributed by atoms with Crippen molar-refractivity contribution in [3.63, 3.8) is 0 Å². The van der Waals surface area contributed by atoms with Gasteiger partial charge < -0.3 is 15.1 Å². The fraction of sp³-hybridized carbons (Fsp3) is 0.692. The van der Waals surface area contributed by atoms with Crippen LogP contribution in [0.25, 0.3) is 0 Å². The summed E-state index contributed by atoms with van der Waals surface area (Å²) in [5, 5.41) is 3.22. The highest BCUT2D eigenvalue weighted by Crippen LogP contribution is 2.60. The van der Waals surface area contributed by atoms with Crippen LogP contribution in [0.1, 0.15) is 52.4 Å². The molecule has 5 nitrogen and oxygen atoms in total. The molecule has 1 atom stereocenters. The Balaban J connectivity index is 1.23. The van der Waals surface area contributed by atoms with Crippen LogP contribution in [0.15, 0.2) is 24.3 Å². The summed E-state index contributed by atoms with van der Waals surface area (Å²) < 4.78 is 14.1. The van der Waals surface area contributed by atoms with Crippen molar-refractivity contribution in [1.82, 2.24) is 10.2 Å². The second kappa shape index (κ2) is 8.35. The molecule has 1 aliphatic heterocycles. The summed E-state index contributed by atoms with van der Waals surface area (Å²) in [6, 6.07) is 6.30. The van der Waals surface area contributed by atoms with Gasteiger partial charge in [0.2, 0.25) is 11.8 Å². The van der Waals surface area contributed by atoms with Gasteiger partial charge in [0, 0.05) is 31.6 Å². The summed E-state index contributed by atoms with van der Waals surface area (Å²) in [5.74, 6) is 2.03. The molecule has 4 aliphatic carbocycles. The third-order valence-electron chi connectivity index (χ3n) is 8.52. The fourth-order valence-electron chi connectivity index (χ4n) is 7.27. The number of nitrogens with zero attached hydrogens (tertiary/aromatic N) is 2. The molecular formula is C26H36FN3O2. The van der Waals surface area contributed by atoms with Crippen LogP contribution in [0.3, 0.4) is 0 Å². The van der Waals surface area contributed by atoms with E-state index in [0.29, 0.717) is 49.6 Å². The first-order chi connectivity index (χ1) is 15.3. The Labute approximate surface area is 190 Å². The molecule has 32 heavy (non-hydrogen) atoms. The lowest BCUT2D eigenvalue weighted by atomic mass is 9.49. The van der Waals surface area contributed by atoms with Crippen molar-refractivity contribution in [2.45, 2.75) is 58.4 Å². The lowest BCUT2D eigenvalue weighted by molar-refractivity contribution is -0.150. The second-order valence-corrected chi connectivity index (χ2v) is 11.2. The summed E-state index contributed by atoms with van der Waals surface area (Å²) in [5.41, 5.74) is 0.348. The molecule has 6 rings (SSSR count). The van der Waals surface area contributed by atoms with Gasteiger partial charge in [0.15, 0.2) is 0 Å². The van der Waals surface area contributed by atoms with Crippen molar-refractivity contribution in [3.05, 3.63) is 30.1 Å². The molecule has 1 heterocycles. The van der Waals surface area contributed by atoms with Gasteiger partial charge >= 0.3 is 0 Å². The molecular weight excluding hydrogens is 405 g/mol. The largest absolute Gasteiger partial charge is 0.366 e. The van der Waals surface area contributed by atoms with Crippen LogP contribution in [0, 0.1) is 34.9 Å². The normalized spacial score (nSPS) is 32.3. The van der Waals surface area contributed by atoms with Crippen LogP contribution in [-0.4, -0.2) is 48.9 Å². The quantitative estimate of drug-likeness (QED) is 0.756. The highest BCUT2D eigenvalue weighted by molar-refractivity contribution is 5.90. The van der Waals surface area contributed by atoms with Crippen LogP contribution >= 0.6 is 0 Å². The zero-order valence-corrected chi connectivity index (χ0v) is 19.4. The lowest BCUT2D eigenvalue weighted by Gasteiger charge is -2.56. The van der Waals surface area contributed by atoms with E-state index in [2.05, 4.69) is 5.32 Å². The maximum atomic E-state index is 14.1. The molecule has 0 spiro atoms. The molecule has 1 N–H and O–H groups in total. The Morgan fingerprint density at radius 1 is 0.969 bits per heavy atom. The summed E-state index contributed by atoms with van der Waals surface area (Å²) >= 11 is 0. The third kappa shape index (κ3) is 3.90. The Hall–Kier alpha value is -2.11. The van der Waals surface area contributed by atoms with Gasteiger partial charge in [-0.1, -0.05) is 26.0 Å². The van der Waals surface area contributed by atoms with Gasteiger partial charge in [-0.05, 0) is 74.3 Å². The number of hydrogen-bond donors (Lipinski definition) is 1. The number of anilines is 1. The Morgan fingerprint density at radius 2 is 1.53 bits per heavy atom. The van der Waals surface area contributed by atoms with Crippen molar-refractivity contribution >= 4 is 17.5 Å². The van der Waals surface area contributed by atoms with Crippen LogP contribution in [-0.2, 0) is 9.59 Å². The van der Waals surface area contributed by atoms with Gasteiger partial charge in [-0.15, -0.1) is 0 Å². The van der Waals surface area contributed by atoms with Gasteiger partial charge in [-0.2, -0.15) is 0 Å². The van der Waals surface area contributed by atoms with E-state index in [1.807, 2.05) is 29.7 Å². The van der Waals surface area contributed by atoms with Crippen molar-refractivity contribution in [2.24, 2.45) is 29.1 Å². The van der Waals surface area contributed by atoms with Crippen molar-refractivity contribution in [2.75, 3.05) is 31.1 Å². The number of piperazine rings is 1. The molecule has 4 bridgehead atoms. The number of nitrogens with one attached hydrogen (secondary N) is 1. The number of carbonyl (C=O) groups excluding carboxylic acids is 2. The first kappa shape index (κ1) is 21.7. The zero-order valence-electron chi connectivity index (χ0n) is 19.4. The molecule has 5 aliphatic rings. The fourth-order valence-corrected chi connectivity index (χ4v) is 7.27. The van der Waals surface area contributed by atoms with Crippen molar-refractivity contribution in [3.8, 4) is 0 Å². The average Bonchev–Trinajstić information content (AvgIpc) is 2.76. The molecule has 5 fully saturated rings. The van der Waals surface area contributed by atoms with Crippen molar-refractivity contribution in [1.29, 1.82) is 0 Å². The van der Waals surface area contributed by atoms with Crippen LogP contribution in [0.5, 0.6) is 0 Å². The minimum Gasteiger partial charge on any atom is -0.366 e. The summed E-state index contributed by atoms with van der Waals surface area (Å²) in [6.07, 6.45) is 6.91. The molecule has 1 aromatic rings. The molecule has 2 amide bonds. The zero-order chi connectivity index (χ0) is 22.5. The van der Waals surface area contributed by atoms with E-state index in [1.165, 1.54) is 25.3 Å². The van der Waals surface area contributed by atoms with Crippen LogP contribution in [0.2, 0.25) is 0 Å². The molecule has 174 valence electrons. The predicted octanol–water partition coefficient (Wildman–Crippen LogP) is 3.83. The number of benzene rings is 1. The van der Waals surface area contributed by atoms with E-state index < -0.39 is 6.04 Å². The Bertz CT molecular complexity index is 842. The summed E-state index contributed by atoms with van der Waals surface area (Å²) in [6.45, 7) is 6.31. The minimum absolute atomic E-state index is 0.00580. The maximum absolute atomic E-state index is 14.1. The molecule has 1 saturated heterocycles. The number of carbonyl (C=O) groups is 2. The minimum atomic E-state index is -0.490. The predicted molar refractivity (Wildman–Crippen MR) is 123 cm³/mol. The molecule has 1 aromatic carbocycles. The number of para-hydroxylation sites is 1. The van der Waals surface area contributed by atoms with E-state index in [4.69, 9.17) is 0 Å². The van der Waals surface area contributed by atoms with Gasteiger partial charge in [0.1, 0.15) is 11.9 Å². The molecule has 0 radical (unpaired) electrons. The Kier molecular flexibility index (Phi) is 5.67. The van der Waals surface area contributed by atoms with Crippen LogP contribution in [0.4, 0.5) is 10.1 Å². The van der Waals surface area contributed by atoms with E-state index in [1.54, 1.807) is 12.1 Å². The van der Waals surface area contributed by atoms with E-state index in [-0.39, 0.29) is 29.0 Å². The highest BCUT2D eigenvalue weighted by atomic mass is 19.1. The monoisotopic (exact) mass is 441 g/mol. The van der Waals surface area contributed by atoms with E-state index in [9.17, 15) is 14.0 Å². The molecule has 1 unspecified atom stereocenters. The highest BCUT2D eigenvalue weighted by Gasteiger charge is 2.55. The number of rotatable bonds is 5. The molecule has 0 aromatic heterocycles. The molecule has 4 saturated carbocycles. The van der Waals surface area contributed by atoms with Gasteiger partial charge in [-0.25, -0.2) is 4.39 Å². The molecule has 6 heteroatoms. The topological polar surface area (TPSA) is 52.7 Å². The number of hydrogen-bond acceptors (Lipinski definition) is 3. The Morgan fingerprint density at radius 3 is 2.06 bits per heavy atom. The number of halogens is 1. The van der Waals surface area contributed by atoms with Gasteiger partial charge in [-0.3, -0.25) is 9.59 Å². The first-order valence-corrected chi connectivity index (χ1v) is 12.4. The van der Waals surface area contributed by atoms with Gasteiger partial charge in [0.05, 0.1) is 5.69 Å². The van der Waals surface area contributed by atoms with Crippen molar-refractivity contribution < 1.29 is 14.0 Å². The summed E-state index contributed by atoms with van der Waals surface area (Å²) in [7, 11) is 0. The standard InChI is InChI=1S/C26H36FN3O2/c1-17(2)23(28-25(32)26-14-18-11-19(15-26)13-20(12-18)16-26)24(31)30-9-7-29(8-10-30)22-6-4-3-5-21(22)27/h3-6,17-20,23H,7-16H2,1-2H3,(H,28,32).